The molecule has 0 bridgehead atoms. The van der Waals surface area contributed by atoms with E-state index in [1.807, 2.05) is 30.0 Å². The summed E-state index contributed by atoms with van der Waals surface area (Å²) in [5, 5.41) is 3.84. The third-order valence-corrected chi connectivity index (χ3v) is 5.29. The fourth-order valence-corrected chi connectivity index (χ4v) is 4.01. The Morgan fingerprint density at radius 2 is 2.14 bits per heavy atom. The van der Waals surface area contributed by atoms with Crippen LogP contribution < -0.4 is 11.1 Å². The molecule has 2 rings (SSSR count). The van der Waals surface area contributed by atoms with E-state index in [-0.39, 0.29) is 5.91 Å². The Kier molecular flexibility index (Phi) is 6.58. The molecule has 3 unspecified atom stereocenters. The molecule has 0 radical (unpaired) electrons. The van der Waals surface area contributed by atoms with Crippen molar-refractivity contribution < 1.29 is 4.79 Å². The van der Waals surface area contributed by atoms with Crippen LogP contribution in [-0.4, -0.2) is 29.0 Å². The molecule has 3 nitrogen and oxygen atoms in total. The predicted octanol–water partition coefficient (Wildman–Crippen LogP) is 2.74. The molecule has 3 atom stereocenters. The van der Waals surface area contributed by atoms with Crippen LogP contribution in [0, 0.1) is 0 Å². The summed E-state index contributed by atoms with van der Waals surface area (Å²) in [4.78, 5) is 12.1. The highest BCUT2D eigenvalue weighted by molar-refractivity contribution is 7.99. The van der Waals surface area contributed by atoms with Crippen molar-refractivity contribution in [2.45, 2.75) is 56.4 Å². The normalized spacial score (nSPS) is 23.0. The van der Waals surface area contributed by atoms with Gasteiger partial charge >= 0.3 is 0 Å². The van der Waals surface area contributed by atoms with Crippen molar-refractivity contribution in [1.29, 1.82) is 0 Å². The zero-order chi connectivity index (χ0) is 15.1. The van der Waals surface area contributed by atoms with Crippen molar-refractivity contribution in [3.63, 3.8) is 0 Å². The molecule has 0 aliphatic heterocycles. The van der Waals surface area contributed by atoms with Gasteiger partial charge in [-0.05, 0) is 43.4 Å². The van der Waals surface area contributed by atoms with Crippen LogP contribution in [0.3, 0.4) is 0 Å². The first-order valence-corrected chi connectivity index (χ1v) is 8.95. The average Bonchev–Trinajstić information content (AvgIpc) is 2.93. The minimum atomic E-state index is -0.400. The van der Waals surface area contributed by atoms with Gasteiger partial charge in [0.25, 0.3) is 0 Å². The Morgan fingerprint density at radius 1 is 1.38 bits per heavy atom. The Morgan fingerprint density at radius 3 is 2.86 bits per heavy atom. The Balaban J connectivity index is 1.70. The van der Waals surface area contributed by atoms with E-state index in [0.717, 1.165) is 25.0 Å². The standard InChI is InChI=1S/C17H26N2OS/c1-2-21-15-10-9-14(12-15)19-17(20)16(18)11-8-13-6-4-3-5-7-13/h3-7,14-16H,2,8-12,18H2,1H3,(H,19,20). The molecule has 1 aliphatic rings. The average molecular weight is 306 g/mol. The lowest BCUT2D eigenvalue weighted by molar-refractivity contribution is -0.123. The van der Waals surface area contributed by atoms with E-state index in [9.17, 15) is 4.79 Å². The Hall–Kier alpha value is -1.00. The summed E-state index contributed by atoms with van der Waals surface area (Å²) in [6.45, 7) is 2.19. The first-order valence-electron chi connectivity index (χ1n) is 7.90. The van der Waals surface area contributed by atoms with E-state index in [0.29, 0.717) is 17.7 Å². The molecule has 1 saturated carbocycles. The van der Waals surface area contributed by atoms with Crippen LogP contribution in [0.4, 0.5) is 0 Å². The number of aryl methyl sites for hydroxylation is 1. The number of amides is 1. The van der Waals surface area contributed by atoms with Gasteiger partial charge < -0.3 is 11.1 Å². The van der Waals surface area contributed by atoms with Crippen LogP contribution in [0.1, 0.15) is 38.2 Å². The fraction of sp³-hybridized carbons (Fsp3) is 0.588. The number of benzene rings is 1. The third-order valence-electron chi connectivity index (χ3n) is 4.06. The maximum atomic E-state index is 12.1. The molecule has 0 aromatic heterocycles. The Bertz CT molecular complexity index is 438. The largest absolute Gasteiger partial charge is 0.352 e. The van der Waals surface area contributed by atoms with Crippen LogP contribution in [-0.2, 0) is 11.2 Å². The lowest BCUT2D eigenvalue weighted by Gasteiger charge is -2.17. The van der Waals surface area contributed by atoms with Crippen LogP contribution in [0.2, 0.25) is 0 Å². The highest BCUT2D eigenvalue weighted by Crippen LogP contribution is 2.29. The van der Waals surface area contributed by atoms with Gasteiger partial charge in [0.15, 0.2) is 0 Å². The monoisotopic (exact) mass is 306 g/mol. The Labute approximate surface area is 132 Å². The van der Waals surface area contributed by atoms with Gasteiger partial charge in [0.05, 0.1) is 6.04 Å². The maximum Gasteiger partial charge on any atom is 0.237 e. The smallest absolute Gasteiger partial charge is 0.237 e. The number of nitrogens with two attached hydrogens (primary N) is 1. The quantitative estimate of drug-likeness (QED) is 0.814. The van der Waals surface area contributed by atoms with Crippen molar-refractivity contribution >= 4 is 17.7 Å². The van der Waals surface area contributed by atoms with E-state index in [4.69, 9.17) is 5.73 Å². The second kappa shape index (κ2) is 8.44. The highest BCUT2D eigenvalue weighted by Gasteiger charge is 2.27. The van der Waals surface area contributed by atoms with Crippen LogP contribution in [0.5, 0.6) is 0 Å². The molecule has 4 heteroatoms. The molecule has 1 amide bonds. The van der Waals surface area contributed by atoms with Crippen molar-refractivity contribution in [3.8, 4) is 0 Å². The minimum absolute atomic E-state index is 0.0121. The summed E-state index contributed by atoms with van der Waals surface area (Å²) >= 11 is 2.00. The van der Waals surface area contributed by atoms with Gasteiger partial charge in [-0.15, -0.1) is 0 Å². The molecule has 1 aromatic carbocycles. The molecule has 0 heterocycles. The van der Waals surface area contributed by atoms with E-state index in [1.54, 1.807) is 0 Å². The first-order chi connectivity index (χ1) is 10.2. The summed E-state index contributed by atoms with van der Waals surface area (Å²) in [5.74, 6) is 1.17. The van der Waals surface area contributed by atoms with Crippen LogP contribution in [0.15, 0.2) is 30.3 Å². The predicted molar refractivity (Wildman–Crippen MR) is 90.4 cm³/mol. The topological polar surface area (TPSA) is 55.1 Å². The fourth-order valence-electron chi connectivity index (χ4n) is 2.86. The van der Waals surface area contributed by atoms with E-state index < -0.39 is 6.04 Å². The molecule has 1 fully saturated rings. The van der Waals surface area contributed by atoms with Gasteiger partial charge in [-0.25, -0.2) is 0 Å². The van der Waals surface area contributed by atoms with E-state index in [2.05, 4.69) is 24.4 Å². The number of thioether (sulfide) groups is 1. The molecule has 0 spiro atoms. The first kappa shape index (κ1) is 16.4. The molecule has 1 aliphatic carbocycles. The molecule has 116 valence electrons. The molecule has 0 saturated heterocycles. The summed E-state index contributed by atoms with van der Waals surface area (Å²) in [6, 6.07) is 10.1. The lowest BCUT2D eigenvalue weighted by Crippen LogP contribution is -2.44. The van der Waals surface area contributed by atoms with Crippen LogP contribution in [0.25, 0.3) is 0 Å². The summed E-state index contributed by atoms with van der Waals surface area (Å²) in [5.41, 5.74) is 7.26. The molecular weight excluding hydrogens is 280 g/mol. The van der Waals surface area contributed by atoms with Gasteiger partial charge in [0.1, 0.15) is 0 Å². The number of carbonyl (C=O) groups excluding carboxylic acids is 1. The van der Waals surface area contributed by atoms with Crippen molar-refractivity contribution in [2.24, 2.45) is 5.73 Å². The number of nitrogens with one attached hydrogen (secondary N) is 1. The van der Waals surface area contributed by atoms with Crippen LogP contribution >= 0.6 is 11.8 Å². The van der Waals surface area contributed by atoms with Gasteiger partial charge in [0.2, 0.25) is 5.91 Å². The number of rotatable bonds is 7. The summed E-state index contributed by atoms with van der Waals surface area (Å²) in [7, 11) is 0. The minimum Gasteiger partial charge on any atom is -0.352 e. The zero-order valence-electron chi connectivity index (χ0n) is 12.8. The third kappa shape index (κ3) is 5.36. The second-order valence-electron chi connectivity index (χ2n) is 5.73. The molecule has 3 N–H and O–H groups in total. The van der Waals surface area contributed by atoms with Crippen molar-refractivity contribution in [1.82, 2.24) is 5.32 Å². The highest BCUT2D eigenvalue weighted by atomic mass is 32.2. The lowest BCUT2D eigenvalue weighted by atomic mass is 10.0. The van der Waals surface area contributed by atoms with E-state index in [1.165, 1.54) is 12.0 Å². The van der Waals surface area contributed by atoms with Gasteiger partial charge in [-0.1, -0.05) is 37.3 Å². The molecule has 21 heavy (non-hydrogen) atoms. The van der Waals surface area contributed by atoms with Gasteiger partial charge in [-0.2, -0.15) is 11.8 Å². The second-order valence-corrected chi connectivity index (χ2v) is 7.30. The maximum absolute atomic E-state index is 12.1. The van der Waals surface area contributed by atoms with Gasteiger partial charge in [0, 0.05) is 11.3 Å². The molecular formula is C17H26N2OS. The number of hydrogen-bond acceptors (Lipinski definition) is 3. The number of hydrogen-bond donors (Lipinski definition) is 2. The number of carbonyl (C=O) groups is 1. The van der Waals surface area contributed by atoms with E-state index >= 15 is 0 Å². The SMILES string of the molecule is CCSC1CCC(NC(=O)C(N)CCc2ccccc2)C1. The summed E-state index contributed by atoms with van der Waals surface area (Å²) in [6.07, 6.45) is 4.96. The summed E-state index contributed by atoms with van der Waals surface area (Å²) < 4.78 is 0. The zero-order valence-corrected chi connectivity index (χ0v) is 13.6. The van der Waals surface area contributed by atoms with Gasteiger partial charge in [-0.3, -0.25) is 4.79 Å². The van der Waals surface area contributed by atoms with Crippen molar-refractivity contribution in [2.75, 3.05) is 5.75 Å². The van der Waals surface area contributed by atoms with Crippen molar-refractivity contribution in [3.05, 3.63) is 35.9 Å². The molecule has 1 aromatic rings.